The van der Waals surface area contributed by atoms with Gasteiger partial charge in [-0.05, 0) is 36.2 Å². The summed E-state index contributed by atoms with van der Waals surface area (Å²) in [6.07, 6.45) is 2.01. The van der Waals surface area contributed by atoms with E-state index >= 15 is 0 Å². The van der Waals surface area contributed by atoms with Gasteiger partial charge in [-0.1, -0.05) is 24.3 Å². The monoisotopic (exact) mass is 370 g/mol. The van der Waals surface area contributed by atoms with E-state index in [1.54, 1.807) is 0 Å². The lowest BCUT2D eigenvalue weighted by Crippen LogP contribution is -2.38. The van der Waals surface area contributed by atoms with Crippen LogP contribution in [0.4, 0.5) is 0 Å². The molecule has 0 saturated carbocycles. The van der Waals surface area contributed by atoms with E-state index in [9.17, 15) is 13.2 Å². The van der Waals surface area contributed by atoms with Crippen molar-refractivity contribution >= 4 is 28.2 Å². The van der Waals surface area contributed by atoms with E-state index in [1.807, 2.05) is 18.2 Å². The zero-order chi connectivity index (χ0) is 16.4. The van der Waals surface area contributed by atoms with Gasteiger partial charge >= 0.3 is 0 Å². The molecule has 1 unspecified atom stereocenters. The van der Waals surface area contributed by atoms with Gasteiger partial charge in [0, 0.05) is 18.8 Å². The lowest BCUT2D eigenvalue weighted by Gasteiger charge is -2.27. The minimum absolute atomic E-state index is 0. The molecule has 6 nitrogen and oxygen atoms in total. The summed E-state index contributed by atoms with van der Waals surface area (Å²) >= 11 is 0. The summed E-state index contributed by atoms with van der Waals surface area (Å²) in [5, 5.41) is 5.95. The second kappa shape index (κ2) is 7.38. The SMILES string of the molecule is CS(=O)(=O)c1ccc(C(=O)NCC2NCCc3ccccc32)o1.Cl. The Balaban J connectivity index is 0.00000208. The topological polar surface area (TPSA) is 88.4 Å². The Labute approximate surface area is 147 Å². The van der Waals surface area contributed by atoms with Crippen molar-refractivity contribution < 1.29 is 17.6 Å². The first kappa shape index (κ1) is 18.5. The van der Waals surface area contributed by atoms with Crippen LogP contribution in [0.15, 0.2) is 45.9 Å². The number of sulfone groups is 1. The molecule has 1 aliphatic heterocycles. The van der Waals surface area contributed by atoms with Crippen LogP contribution in [0, 0.1) is 0 Å². The van der Waals surface area contributed by atoms with Crippen molar-refractivity contribution in [3.8, 4) is 0 Å². The van der Waals surface area contributed by atoms with Crippen molar-refractivity contribution in [2.24, 2.45) is 0 Å². The summed E-state index contributed by atoms with van der Waals surface area (Å²) in [5.41, 5.74) is 2.46. The fourth-order valence-corrected chi connectivity index (χ4v) is 3.25. The molecule has 0 bridgehead atoms. The molecule has 3 rings (SSSR count). The summed E-state index contributed by atoms with van der Waals surface area (Å²) in [6, 6.07) is 10.8. The zero-order valence-corrected chi connectivity index (χ0v) is 14.7. The summed E-state index contributed by atoms with van der Waals surface area (Å²) in [5.74, 6) is -0.431. The molecule has 2 heterocycles. The van der Waals surface area contributed by atoms with Crippen LogP contribution >= 0.6 is 12.4 Å². The van der Waals surface area contributed by atoms with E-state index < -0.39 is 15.7 Å². The van der Waals surface area contributed by atoms with Gasteiger partial charge in [0.2, 0.25) is 14.9 Å². The number of fused-ring (bicyclic) bond motifs is 1. The molecule has 2 N–H and O–H groups in total. The lowest BCUT2D eigenvalue weighted by atomic mass is 9.94. The highest BCUT2D eigenvalue weighted by Gasteiger charge is 2.21. The van der Waals surface area contributed by atoms with Gasteiger partial charge in [0.05, 0.1) is 0 Å². The van der Waals surface area contributed by atoms with E-state index in [0.717, 1.165) is 19.2 Å². The number of hydrogen-bond donors (Lipinski definition) is 2. The van der Waals surface area contributed by atoms with E-state index in [4.69, 9.17) is 4.42 Å². The molecule has 1 aromatic heterocycles. The number of benzene rings is 1. The molecule has 0 saturated heterocycles. The Morgan fingerprint density at radius 1 is 1.29 bits per heavy atom. The van der Waals surface area contributed by atoms with Gasteiger partial charge in [0.15, 0.2) is 5.76 Å². The molecule has 1 atom stereocenters. The van der Waals surface area contributed by atoms with Crippen LogP contribution in [-0.4, -0.2) is 33.7 Å². The molecule has 8 heteroatoms. The second-order valence-electron chi connectivity index (χ2n) is 5.56. The van der Waals surface area contributed by atoms with E-state index in [0.29, 0.717) is 6.54 Å². The average molecular weight is 371 g/mol. The standard InChI is InChI=1S/C16H18N2O4S.ClH/c1-23(20,21)15-7-6-14(22-15)16(19)18-10-13-12-5-3-2-4-11(12)8-9-17-13;/h2-7,13,17H,8-10H2,1H3,(H,18,19);1H. The smallest absolute Gasteiger partial charge is 0.287 e. The minimum Gasteiger partial charge on any atom is -0.440 e. The van der Waals surface area contributed by atoms with Crippen molar-refractivity contribution in [2.45, 2.75) is 17.6 Å². The van der Waals surface area contributed by atoms with Gasteiger partial charge in [0.1, 0.15) is 0 Å². The maximum absolute atomic E-state index is 12.1. The van der Waals surface area contributed by atoms with Gasteiger partial charge in [0.25, 0.3) is 5.91 Å². The second-order valence-corrected chi connectivity index (χ2v) is 7.50. The van der Waals surface area contributed by atoms with Gasteiger partial charge in [-0.2, -0.15) is 0 Å². The molecule has 1 aromatic carbocycles. The van der Waals surface area contributed by atoms with Crippen molar-refractivity contribution in [1.29, 1.82) is 0 Å². The number of carbonyl (C=O) groups excluding carboxylic acids is 1. The first-order valence-electron chi connectivity index (χ1n) is 7.34. The van der Waals surface area contributed by atoms with Crippen molar-refractivity contribution in [1.82, 2.24) is 10.6 Å². The Kier molecular flexibility index (Phi) is 5.69. The Morgan fingerprint density at radius 2 is 2.04 bits per heavy atom. The lowest BCUT2D eigenvalue weighted by molar-refractivity contribution is 0.0916. The normalized spacial score (nSPS) is 16.8. The van der Waals surface area contributed by atoms with Crippen LogP contribution in [0.25, 0.3) is 0 Å². The summed E-state index contributed by atoms with van der Waals surface area (Å²) in [7, 11) is -3.45. The van der Waals surface area contributed by atoms with Gasteiger partial charge in [-0.3, -0.25) is 4.79 Å². The Morgan fingerprint density at radius 3 is 2.75 bits per heavy atom. The van der Waals surface area contributed by atoms with Crippen LogP contribution in [0.3, 0.4) is 0 Å². The highest BCUT2D eigenvalue weighted by molar-refractivity contribution is 7.90. The fraction of sp³-hybridized carbons (Fsp3) is 0.312. The molecule has 0 fully saturated rings. The molecule has 2 aromatic rings. The van der Waals surface area contributed by atoms with E-state index in [1.165, 1.54) is 23.3 Å². The predicted octanol–water partition coefficient (Wildman–Crippen LogP) is 1.72. The maximum Gasteiger partial charge on any atom is 0.287 e. The molecule has 0 aliphatic carbocycles. The first-order chi connectivity index (χ1) is 10.9. The van der Waals surface area contributed by atoms with Crippen LogP contribution in [-0.2, 0) is 16.3 Å². The summed E-state index contributed by atoms with van der Waals surface area (Å²) in [6.45, 7) is 1.27. The number of amides is 1. The highest BCUT2D eigenvalue weighted by Crippen LogP contribution is 2.22. The number of rotatable bonds is 4. The number of halogens is 1. The molecule has 1 amide bonds. The number of furan rings is 1. The number of hydrogen-bond acceptors (Lipinski definition) is 5. The van der Waals surface area contributed by atoms with E-state index in [2.05, 4.69) is 16.7 Å². The van der Waals surface area contributed by atoms with Crippen molar-refractivity contribution in [3.63, 3.8) is 0 Å². The molecular formula is C16H19ClN2O4S. The third-order valence-electron chi connectivity index (χ3n) is 3.85. The van der Waals surface area contributed by atoms with Crippen molar-refractivity contribution in [3.05, 3.63) is 53.3 Å². The molecule has 24 heavy (non-hydrogen) atoms. The third kappa shape index (κ3) is 3.98. The van der Waals surface area contributed by atoms with Crippen LogP contribution < -0.4 is 10.6 Å². The molecular weight excluding hydrogens is 352 g/mol. The molecule has 0 spiro atoms. The molecule has 1 aliphatic rings. The van der Waals surface area contributed by atoms with E-state index in [-0.39, 0.29) is 29.3 Å². The average Bonchev–Trinajstić information content (AvgIpc) is 3.03. The van der Waals surface area contributed by atoms with Crippen LogP contribution in [0.5, 0.6) is 0 Å². The summed E-state index contributed by atoms with van der Waals surface area (Å²) in [4.78, 5) is 12.1. The maximum atomic E-state index is 12.1. The minimum atomic E-state index is -3.45. The predicted molar refractivity (Wildman–Crippen MR) is 92.3 cm³/mol. The van der Waals surface area contributed by atoms with Gasteiger partial charge in [-0.15, -0.1) is 12.4 Å². The summed E-state index contributed by atoms with van der Waals surface area (Å²) < 4.78 is 27.9. The fourth-order valence-electron chi connectivity index (χ4n) is 2.70. The number of nitrogens with one attached hydrogen (secondary N) is 2. The zero-order valence-electron chi connectivity index (χ0n) is 13.1. The van der Waals surface area contributed by atoms with Crippen LogP contribution in [0.1, 0.15) is 27.7 Å². The molecule has 130 valence electrons. The Bertz CT molecular complexity index is 832. The largest absolute Gasteiger partial charge is 0.440 e. The highest BCUT2D eigenvalue weighted by atomic mass is 35.5. The van der Waals surface area contributed by atoms with Gasteiger partial charge in [-0.25, -0.2) is 8.42 Å². The van der Waals surface area contributed by atoms with Crippen LogP contribution in [0.2, 0.25) is 0 Å². The Hall–Kier alpha value is -1.83. The molecule has 0 radical (unpaired) electrons. The third-order valence-corrected chi connectivity index (χ3v) is 4.80. The van der Waals surface area contributed by atoms with Gasteiger partial charge < -0.3 is 15.1 Å². The quantitative estimate of drug-likeness (QED) is 0.855. The number of carbonyl (C=O) groups is 1. The van der Waals surface area contributed by atoms with Crippen molar-refractivity contribution in [2.75, 3.05) is 19.3 Å². The first-order valence-corrected chi connectivity index (χ1v) is 9.23.